The van der Waals surface area contributed by atoms with E-state index >= 15 is 0 Å². The zero-order valence-electron chi connectivity index (χ0n) is 8.19. The first kappa shape index (κ1) is 7.03. The van der Waals surface area contributed by atoms with Gasteiger partial charge in [-0.15, -0.1) is 0 Å². The molecule has 0 bridgehead atoms. The summed E-state index contributed by atoms with van der Waals surface area (Å²) < 4.78 is 0. The summed E-state index contributed by atoms with van der Waals surface area (Å²) in [6.45, 7) is 2.08. The van der Waals surface area contributed by atoms with Gasteiger partial charge in [-0.3, -0.25) is 4.99 Å². The summed E-state index contributed by atoms with van der Waals surface area (Å²) in [7, 11) is 0. The van der Waals surface area contributed by atoms with Crippen LogP contribution in [0.4, 0.5) is 0 Å². The van der Waals surface area contributed by atoms with Crippen molar-refractivity contribution in [2.45, 2.75) is 32.2 Å². The van der Waals surface area contributed by atoms with Gasteiger partial charge in [0, 0.05) is 0 Å². The van der Waals surface area contributed by atoms with Gasteiger partial charge in [-0.25, -0.2) is 0 Å². The summed E-state index contributed by atoms with van der Waals surface area (Å²) in [4.78, 5) is 4.66. The Balaban J connectivity index is 1.62. The zero-order valence-corrected chi connectivity index (χ0v) is 8.19. The maximum absolute atomic E-state index is 4.66. The Labute approximate surface area is 79.6 Å². The van der Waals surface area contributed by atoms with E-state index in [0.717, 1.165) is 35.6 Å². The average Bonchev–Trinajstić information content (AvgIpc) is 2.79. The minimum Gasteiger partial charge on any atom is -0.294 e. The van der Waals surface area contributed by atoms with Gasteiger partial charge in [0.25, 0.3) is 0 Å². The van der Waals surface area contributed by atoms with Crippen molar-refractivity contribution in [1.29, 1.82) is 0 Å². The van der Waals surface area contributed by atoms with Crippen molar-refractivity contribution in [3.05, 3.63) is 0 Å². The average molecular weight is 175 g/mol. The fourth-order valence-corrected chi connectivity index (χ4v) is 4.72. The molecular formula is C12H17N. The molecule has 4 aliphatic carbocycles. The third kappa shape index (κ3) is 0.660. The highest BCUT2D eigenvalue weighted by molar-refractivity contribution is 5.54. The second-order valence-electron chi connectivity index (χ2n) is 5.60. The van der Waals surface area contributed by atoms with Crippen LogP contribution in [-0.4, -0.2) is 12.3 Å². The predicted octanol–water partition coefficient (Wildman–Crippen LogP) is 2.37. The van der Waals surface area contributed by atoms with E-state index in [1.165, 1.54) is 18.8 Å². The van der Waals surface area contributed by atoms with Gasteiger partial charge in [-0.1, -0.05) is 0 Å². The molecule has 1 heteroatoms. The maximum Gasteiger partial charge on any atom is 0.0557 e. The standard InChI is InChI=1S/C12H17N/c1-2-13-12-9-4-6-3-7(6)8-5-10(12)11(8)9/h2,6-12H,3-5H2,1H3/t6?,7?,8?,9?,10?,11?,12-/m0/s1. The molecule has 4 fully saturated rings. The third-order valence-electron chi connectivity index (χ3n) is 5.33. The molecule has 4 rings (SSSR count). The van der Waals surface area contributed by atoms with E-state index in [-0.39, 0.29) is 0 Å². The minimum absolute atomic E-state index is 0.757. The van der Waals surface area contributed by atoms with Crippen LogP contribution in [0, 0.1) is 35.5 Å². The van der Waals surface area contributed by atoms with Crippen LogP contribution in [0.25, 0.3) is 0 Å². The Morgan fingerprint density at radius 3 is 2.62 bits per heavy atom. The lowest BCUT2D eigenvalue weighted by atomic mass is 9.41. The third-order valence-corrected chi connectivity index (χ3v) is 5.33. The molecular weight excluding hydrogens is 158 g/mol. The van der Waals surface area contributed by atoms with Crippen LogP contribution < -0.4 is 0 Å². The maximum atomic E-state index is 4.66. The molecule has 0 aliphatic heterocycles. The number of hydrogen-bond donors (Lipinski definition) is 0. The van der Waals surface area contributed by atoms with E-state index in [2.05, 4.69) is 11.9 Å². The molecule has 0 aromatic rings. The summed E-state index contributed by atoms with van der Waals surface area (Å²) in [5.74, 6) is 6.66. The van der Waals surface area contributed by atoms with Gasteiger partial charge in [-0.05, 0) is 67.9 Å². The van der Waals surface area contributed by atoms with Crippen molar-refractivity contribution in [2.24, 2.45) is 40.5 Å². The molecule has 70 valence electrons. The fraction of sp³-hybridized carbons (Fsp3) is 0.917. The first-order valence-electron chi connectivity index (χ1n) is 5.88. The Bertz CT molecular complexity index is 283. The molecule has 0 radical (unpaired) electrons. The molecule has 7 atom stereocenters. The lowest BCUT2D eigenvalue weighted by molar-refractivity contribution is -0.143. The highest BCUT2D eigenvalue weighted by Crippen LogP contribution is 2.73. The van der Waals surface area contributed by atoms with Crippen molar-refractivity contribution in [3.8, 4) is 0 Å². The van der Waals surface area contributed by atoms with Gasteiger partial charge in [0.1, 0.15) is 0 Å². The summed E-state index contributed by atoms with van der Waals surface area (Å²) in [6, 6.07) is 0.757. The van der Waals surface area contributed by atoms with Gasteiger partial charge < -0.3 is 0 Å². The molecule has 0 saturated heterocycles. The molecule has 0 aromatic heterocycles. The fourth-order valence-electron chi connectivity index (χ4n) is 4.72. The quantitative estimate of drug-likeness (QED) is 0.542. The van der Waals surface area contributed by atoms with Crippen molar-refractivity contribution in [2.75, 3.05) is 0 Å². The lowest BCUT2D eigenvalue weighted by Crippen LogP contribution is -2.63. The van der Waals surface area contributed by atoms with E-state index in [1.54, 1.807) is 6.42 Å². The Morgan fingerprint density at radius 1 is 1.00 bits per heavy atom. The Kier molecular flexibility index (Phi) is 1.09. The van der Waals surface area contributed by atoms with Crippen LogP contribution in [-0.2, 0) is 0 Å². The van der Waals surface area contributed by atoms with Gasteiger partial charge in [0.15, 0.2) is 0 Å². The van der Waals surface area contributed by atoms with Crippen molar-refractivity contribution in [3.63, 3.8) is 0 Å². The number of nitrogens with zero attached hydrogens (tertiary/aromatic N) is 1. The molecule has 0 heterocycles. The monoisotopic (exact) mass is 175 g/mol. The number of rotatable bonds is 1. The van der Waals surface area contributed by atoms with Crippen LogP contribution in [0.15, 0.2) is 4.99 Å². The van der Waals surface area contributed by atoms with Crippen molar-refractivity contribution < 1.29 is 0 Å². The van der Waals surface area contributed by atoms with Crippen LogP contribution in [0.5, 0.6) is 0 Å². The second-order valence-corrected chi connectivity index (χ2v) is 5.60. The summed E-state index contributed by atoms with van der Waals surface area (Å²) in [6.07, 6.45) is 6.68. The van der Waals surface area contributed by atoms with E-state index < -0.39 is 0 Å². The van der Waals surface area contributed by atoms with Crippen molar-refractivity contribution in [1.82, 2.24) is 0 Å². The van der Waals surface area contributed by atoms with Crippen molar-refractivity contribution >= 4 is 6.21 Å². The van der Waals surface area contributed by atoms with E-state index in [4.69, 9.17) is 0 Å². The molecule has 0 spiro atoms. The highest BCUT2D eigenvalue weighted by Gasteiger charge is 2.69. The molecule has 1 nitrogen and oxygen atoms in total. The summed E-state index contributed by atoms with van der Waals surface area (Å²) >= 11 is 0. The summed E-state index contributed by atoms with van der Waals surface area (Å²) in [5, 5.41) is 0. The van der Waals surface area contributed by atoms with Crippen LogP contribution in [0.2, 0.25) is 0 Å². The minimum atomic E-state index is 0.757. The van der Waals surface area contributed by atoms with Crippen LogP contribution in [0.1, 0.15) is 26.2 Å². The van der Waals surface area contributed by atoms with Gasteiger partial charge in [-0.2, -0.15) is 0 Å². The largest absolute Gasteiger partial charge is 0.294 e. The highest BCUT2D eigenvalue weighted by atomic mass is 14.9. The van der Waals surface area contributed by atoms with Gasteiger partial charge in [0.2, 0.25) is 0 Å². The lowest BCUT2D eigenvalue weighted by Gasteiger charge is -2.65. The van der Waals surface area contributed by atoms with E-state index in [0.29, 0.717) is 0 Å². The molecule has 0 amide bonds. The molecule has 6 unspecified atom stereocenters. The SMILES string of the molecule is CC=N[C@H]1C2CC3CC3C3CC1C32. The second kappa shape index (κ2) is 2.02. The molecule has 0 N–H and O–H groups in total. The van der Waals surface area contributed by atoms with E-state index in [9.17, 15) is 0 Å². The normalized spacial score (nSPS) is 66.4. The van der Waals surface area contributed by atoms with Crippen LogP contribution in [0.3, 0.4) is 0 Å². The first-order valence-corrected chi connectivity index (χ1v) is 5.88. The first-order chi connectivity index (χ1) is 6.40. The molecule has 4 saturated carbocycles. The zero-order chi connectivity index (χ0) is 8.58. The number of hydrogen-bond acceptors (Lipinski definition) is 1. The number of aliphatic imine (C=N–C) groups is 1. The topological polar surface area (TPSA) is 12.4 Å². The Hall–Kier alpha value is -0.330. The predicted molar refractivity (Wildman–Crippen MR) is 52.7 cm³/mol. The van der Waals surface area contributed by atoms with Crippen LogP contribution >= 0.6 is 0 Å². The molecule has 13 heavy (non-hydrogen) atoms. The smallest absolute Gasteiger partial charge is 0.0557 e. The number of fused-ring (bicyclic) bond motifs is 2. The van der Waals surface area contributed by atoms with E-state index in [1.807, 2.05) is 6.21 Å². The Morgan fingerprint density at radius 2 is 1.77 bits per heavy atom. The molecule has 4 aliphatic rings. The summed E-state index contributed by atoms with van der Waals surface area (Å²) in [5.41, 5.74) is 0. The van der Waals surface area contributed by atoms with Gasteiger partial charge in [0.05, 0.1) is 6.04 Å². The molecule has 0 aromatic carbocycles. The van der Waals surface area contributed by atoms with Gasteiger partial charge >= 0.3 is 0 Å².